The Labute approximate surface area is 90.5 Å². The molecule has 1 heterocycles. The van der Waals surface area contributed by atoms with Crippen molar-refractivity contribution in [1.29, 1.82) is 5.26 Å². The molecule has 0 radical (unpaired) electrons. The molecule has 2 nitrogen and oxygen atoms in total. The van der Waals surface area contributed by atoms with Crippen LogP contribution in [0.5, 0.6) is 0 Å². The third-order valence-electron chi connectivity index (χ3n) is 2.13. The molecule has 0 aromatic carbocycles. The van der Waals surface area contributed by atoms with Gasteiger partial charge in [0.25, 0.3) is 0 Å². The van der Waals surface area contributed by atoms with Crippen LogP contribution in [-0.4, -0.2) is 4.57 Å². The number of nitriles is 1. The molecule has 0 saturated heterocycles. The second-order valence-electron chi connectivity index (χ2n) is 3.74. The van der Waals surface area contributed by atoms with E-state index in [-0.39, 0.29) is 0 Å². The summed E-state index contributed by atoms with van der Waals surface area (Å²) >= 11 is 0. The van der Waals surface area contributed by atoms with Crippen LogP contribution in [0.25, 0.3) is 12.7 Å². The molecular weight excluding hydrogens is 184 g/mol. The smallest absolute Gasteiger partial charge is 0.0640 e. The summed E-state index contributed by atoms with van der Waals surface area (Å²) in [5, 5.41) is 10.6. The van der Waals surface area contributed by atoms with E-state index in [1.807, 2.05) is 12.3 Å². The van der Waals surface area contributed by atoms with Crippen molar-refractivity contribution in [2.75, 3.05) is 0 Å². The maximum absolute atomic E-state index is 8.54. The molecule has 0 fully saturated rings. The van der Waals surface area contributed by atoms with Crippen molar-refractivity contribution in [3.05, 3.63) is 34.5 Å². The van der Waals surface area contributed by atoms with Crippen LogP contribution >= 0.6 is 0 Å². The van der Waals surface area contributed by atoms with Crippen LogP contribution < -0.4 is 10.6 Å². The van der Waals surface area contributed by atoms with Crippen molar-refractivity contribution in [2.24, 2.45) is 0 Å². The zero-order chi connectivity index (χ0) is 11.3. The van der Waals surface area contributed by atoms with Gasteiger partial charge in [-0.05, 0) is 31.2 Å². The molecule has 0 aliphatic carbocycles. The van der Waals surface area contributed by atoms with Crippen LogP contribution in [-0.2, 0) is 6.54 Å². The summed E-state index contributed by atoms with van der Waals surface area (Å²) in [6, 6.07) is 4.12. The Hall–Kier alpha value is -1.75. The van der Waals surface area contributed by atoms with E-state index in [1.165, 1.54) is 5.57 Å². The van der Waals surface area contributed by atoms with Crippen LogP contribution in [0.4, 0.5) is 0 Å². The van der Waals surface area contributed by atoms with Gasteiger partial charge < -0.3 is 4.57 Å². The fraction of sp³-hybridized carbons (Fsp3) is 0.308. The normalized spacial score (nSPS) is 11.1. The van der Waals surface area contributed by atoms with E-state index in [4.69, 9.17) is 5.26 Å². The SMILES string of the molecule is C=c1ccn(CCC#N)/c1=C/C=C(C)C. The predicted molar refractivity (Wildman–Crippen MR) is 63.3 cm³/mol. The number of aromatic nitrogens is 1. The fourth-order valence-electron chi connectivity index (χ4n) is 1.34. The second-order valence-corrected chi connectivity index (χ2v) is 3.74. The first-order valence-electron chi connectivity index (χ1n) is 5.01. The molecule has 1 rings (SSSR count). The molecule has 0 spiro atoms. The Morgan fingerprint density at radius 3 is 2.93 bits per heavy atom. The molecule has 0 aliphatic rings. The summed E-state index contributed by atoms with van der Waals surface area (Å²) in [6.45, 7) is 8.81. The molecule has 0 bridgehead atoms. The fourth-order valence-corrected chi connectivity index (χ4v) is 1.34. The molecule has 78 valence electrons. The lowest BCUT2D eigenvalue weighted by Gasteiger charge is -1.98. The summed E-state index contributed by atoms with van der Waals surface area (Å²) in [5.41, 5.74) is 1.25. The molecule has 15 heavy (non-hydrogen) atoms. The Kier molecular flexibility index (Phi) is 3.93. The van der Waals surface area contributed by atoms with E-state index in [0.717, 1.165) is 17.1 Å². The molecule has 0 atom stereocenters. The van der Waals surface area contributed by atoms with Crippen molar-refractivity contribution in [3.8, 4) is 6.07 Å². The number of nitrogens with zero attached hydrogens (tertiary/aromatic N) is 2. The van der Waals surface area contributed by atoms with E-state index in [1.54, 1.807) is 0 Å². The third kappa shape index (κ3) is 3.14. The van der Waals surface area contributed by atoms with Gasteiger partial charge in [0.15, 0.2) is 0 Å². The van der Waals surface area contributed by atoms with Gasteiger partial charge in [-0.1, -0.05) is 18.2 Å². The van der Waals surface area contributed by atoms with Gasteiger partial charge in [0.1, 0.15) is 0 Å². The first-order valence-corrected chi connectivity index (χ1v) is 5.01. The van der Waals surface area contributed by atoms with Gasteiger partial charge in [0, 0.05) is 18.1 Å². The van der Waals surface area contributed by atoms with E-state index in [0.29, 0.717) is 6.42 Å². The number of hydrogen-bond donors (Lipinski definition) is 0. The molecule has 1 aromatic heterocycles. The Morgan fingerprint density at radius 2 is 2.33 bits per heavy atom. The zero-order valence-corrected chi connectivity index (χ0v) is 9.33. The summed E-state index contributed by atoms with van der Waals surface area (Å²) < 4.78 is 2.06. The van der Waals surface area contributed by atoms with Gasteiger partial charge in [-0.25, -0.2) is 0 Å². The highest BCUT2D eigenvalue weighted by Gasteiger charge is 1.93. The minimum absolute atomic E-state index is 0.532. The van der Waals surface area contributed by atoms with Gasteiger partial charge in [0.05, 0.1) is 12.5 Å². The van der Waals surface area contributed by atoms with Gasteiger partial charge in [0.2, 0.25) is 0 Å². The second kappa shape index (κ2) is 5.21. The van der Waals surface area contributed by atoms with Gasteiger partial charge >= 0.3 is 0 Å². The van der Waals surface area contributed by atoms with E-state index in [9.17, 15) is 0 Å². The molecule has 0 N–H and O–H groups in total. The van der Waals surface area contributed by atoms with Crippen LogP contribution in [0.1, 0.15) is 20.3 Å². The van der Waals surface area contributed by atoms with Crippen molar-refractivity contribution >= 4 is 12.7 Å². The zero-order valence-electron chi connectivity index (χ0n) is 9.33. The largest absolute Gasteiger partial charge is 0.346 e. The maximum atomic E-state index is 8.54. The Balaban J connectivity index is 3.11. The molecule has 2 heteroatoms. The van der Waals surface area contributed by atoms with E-state index in [2.05, 4.69) is 43.2 Å². The Bertz CT molecular complexity index is 494. The Morgan fingerprint density at radius 1 is 1.60 bits per heavy atom. The number of rotatable bonds is 3. The molecule has 0 amide bonds. The topological polar surface area (TPSA) is 28.7 Å². The minimum atomic E-state index is 0.532. The average molecular weight is 200 g/mol. The number of aryl methyl sites for hydroxylation is 1. The highest BCUT2D eigenvalue weighted by Crippen LogP contribution is 1.89. The van der Waals surface area contributed by atoms with Crippen molar-refractivity contribution in [2.45, 2.75) is 26.8 Å². The predicted octanol–water partition coefficient (Wildman–Crippen LogP) is 1.56. The van der Waals surface area contributed by atoms with Crippen LogP contribution in [0.2, 0.25) is 0 Å². The summed E-state index contributed by atoms with van der Waals surface area (Å²) in [5.74, 6) is 0. The van der Waals surface area contributed by atoms with E-state index < -0.39 is 0 Å². The molecular formula is C13H16N2. The number of hydrogen-bond acceptors (Lipinski definition) is 1. The molecule has 1 aromatic rings. The first kappa shape index (κ1) is 11.3. The average Bonchev–Trinajstić information content (AvgIpc) is 2.53. The van der Waals surface area contributed by atoms with Gasteiger partial charge in [-0.15, -0.1) is 0 Å². The lowest BCUT2D eigenvalue weighted by molar-refractivity contribution is 0.700. The lowest BCUT2D eigenvalue weighted by Crippen LogP contribution is -2.27. The minimum Gasteiger partial charge on any atom is -0.346 e. The molecule has 0 unspecified atom stereocenters. The summed E-state index contributed by atoms with van der Waals surface area (Å²) in [6.07, 6.45) is 6.62. The maximum Gasteiger partial charge on any atom is 0.0640 e. The quantitative estimate of drug-likeness (QED) is 0.728. The first-order chi connectivity index (χ1) is 7.15. The highest BCUT2D eigenvalue weighted by atomic mass is 14.9. The summed E-state index contributed by atoms with van der Waals surface area (Å²) in [7, 11) is 0. The van der Waals surface area contributed by atoms with Crippen molar-refractivity contribution in [1.82, 2.24) is 4.57 Å². The van der Waals surface area contributed by atoms with Crippen LogP contribution in [0, 0.1) is 11.3 Å². The third-order valence-corrected chi connectivity index (χ3v) is 2.13. The van der Waals surface area contributed by atoms with Crippen molar-refractivity contribution in [3.63, 3.8) is 0 Å². The number of allylic oxidation sites excluding steroid dienone is 2. The van der Waals surface area contributed by atoms with Crippen molar-refractivity contribution < 1.29 is 0 Å². The summed E-state index contributed by atoms with van der Waals surface area (Å²) in [4.78, 5) is 0. The van der Waals surface area contributed by atoms with Crippen LogP contribution in [0.3, 0.4) is 0 Å². The lowest BCUT2D eigenvalue weighted by atomic mass is 10.3. The van der Waals surface area contributed by atoms with Gasteiger partial charge in [-0.3, -0.25) is 0 Å². The van der Waals surface area contributed by atoms with Gasteiger partial charge in [-0.2, -0.15) is 5.26 Å². The molecule has 0 saturated carbocycles. The van der Waals surface area contributed by atoms with E-state index >= 15 is 0 Å². The molecule has 0 aliphatic heterocycles. The standard InChI is InChI=1S/C13H16N2/c1-11(2)5-6-13-12(3)7-10-15(13)9-4-8-14/h5-7,10H,3-4,9H2,1-2H3/b13-6+. The van der Waals surface area contributed by atoms with Crippen LogP contribution in [0.15, 0.2) is 23.9 Å². The monoisotopic (exact) mass is 200 g/mol. The highest BCUT2D eigenvalue weighted by molar-refractivity contribution is 5.37.